The van der Waals surface area contributed by atoms with Crippen LogP contribution in [0.2, 0.25) is 5.02 Å². The Balaban J connectivity index is 2.32. The number of benzene rings is 1. The molecule has 0 N–H and O–H groups in total. The molecule has 0 bridgehead atoms. The average Bonchev–Trinajstić information content (AvgIpc) is 2.80. The molecule has 7 nitrogen and oxygen atoms in total. The van der Waals surface area contributed by atoms with Gasteiger partial charge in [-0.25, -0.2) is 4.68 Å². The van der Waals surface area contributed by atoms with Crippen LogP contribution in [-0.2, 0) is 0 Å². The van der Waals surface area contributed by atoms with Crippen LogP contribution in [0.1, 0.15) is 10.5 Å². The third kappa shape index (κ3) is 2.41. The normalized spacial score (nSPS) is 9.71. The van der Waals surface area contributed by atoms with Crippen LogP contribution in [-0.4, -0.2) is 20.9 Å². The molecule has 1 aromatic heterocycles. The second kappa shape index (κ2) is 4.65. The predicted molar refractivity (Wildman–Crippen MR) is 59.8 cm³/mol. The standard InChI is InChI=1S/C9H5ClN6O/c10-6-1-3-7(4-2-6)16-5-8(12-15-16)9(17)13-14-11/h1-5H. The molecule has 1 aromatic carbocycles. The number of rotatable bonds is 2. The molecule has 0 atom stereocenters. The number of aromatic nitrogens is 3. The summed E-state index contributed by atoms with van der Waals surface area (Å²) in [5.41, 5.74) is 8.80. The first-order valence-electron chi connectivity index (χ1n) is 4.48. The van der Waals surface area contributed by atoms with Crippen molar-refractivity contribution in [2.45, 2.75) is 0 Å². The Bertz CT molecular complexity index is 598. The van der Waals surface area contributed by atoms with Crippen molar-refractivity contribution in [2.24, 2.45) is 5.11 Å². The Morgan fingerprint density at radius 2 is 2.12 bits per heavy atom. The van der Waals surface area contributed by atoms with Crippen molar-refractivity contribution in [2.75, 3.05) is 0 Å². The Labute approximate surface area is 100 Å². The van der Waals surface area contributed by atoms with Crippen LogP contribution in [0.25, 0.3) is 16.1 Å². The van der Waals surface area contributed by atoms with Gasteiger partial charge < -0.3 is 0 Å². The molecule has 17 heavy (non-hydrogen) atoms. The number of hydrogen-bond donors (Lipinski definition) is 0. The zero-order valence-electron chi connectivity index (χ0n) is 8.36. The summed E-state index contributed by atoms with van der Waals surface area (Å²) in [4.78, 5) is 13.6. The van der Waals surface area contributed by atoms with E-state index in [0.29, 0.717) is 10.7 Å². The van der Waals surface area contributed by atoms with E-state index < -0.39 is 5.91 Å². The molecule has 2 aromatic rings. The minimum absolute atomic E-state index is 0.0160. The predicted octanol–water partition coefficient (Wildman–Crippen LogP) is 2.37. The molecule has 1 heterocycles. The Kier molecular flexibility index (Phi) is 3.04. The van der Waals surface area contributed by atoms with Gasteiger partial charge in [0.1, 0.15) is 0 Å². The van der Waals surface area contributed by atoms with Crippen molar-refractivity contribution < 1.29 is 4.79 Å². The monoisotopic (exact) mass is 248 g/mol. The van der Waals surface area contributed by atoms with Crippen molar-refractivity contribution in [3.8, 4) is 5.69 Å². The van der Waals surface area contributed by atoms with Crippen molar-refractivity contribution in [1.29, 1.82) is 0 Å². The van der Waals surface area contributed by atoms with Gasteiger partial charge in [0.15, 0.2) is 5.69 Å². The van der Waals surface area contributed by atoms with E-state index in [1.54, 1.807) is 24.3 Å². The second-order valence-corrected chi connectivity index (χ2v) is 3.46. The third-order valence-corrected chi connectivity index (χ3v) is 2.19. The molecular weight excluding hydrogens is 244 g/mol. The first-order chi connectivity index (χ1) is 8.20. The lowest BCUT2D eigenvalue weighted by Crippen LogP contribution is -1.94. The maximum atomic E-state index is 11.2. The van der Waals surface area contributed by atoms with Gasteiger partial charge in [-0.05, 0) is 34.9 Å². The number of azide groups is 1. The molecule has 0 unspecified atom stereocenters. The highest BCUT2D eigenvalue weighted by Crippen LogP contribution is 2.12. The van der Waals surface area contributed by atoms with Crippen LogP contribution in [0.5, 0.6) is 0 Å². The molecule has 0 saturated heterocycles. The van der Waals surface area contributed by atoms with Gasteiger partial charge in [-0.1, -0.05) is 16.8 Å². The lowest BCUT2D eigenvalue weighted by Gasteiger charge is -1.98. The van der Waals surface area contributed by atoms with Gasteiger partial charge in [0, 0.05) is 9.93 Å². The minimum Gasteiger partial charge on any atom is -0.285 e. The summed E-state index contributed by atoms with van der Waals surface area (Å²) < 4.78 is 1.39. The van der Waals surface area contributed by atoms with Gasteiger partial charge in [0.25, 0.3) is 5.91 Å². The van der Waals surface area contributed by atoms with E-state index in [4.69, 9.17) is 17.1 Å². The zero-order chi connectivity index (χ0) is 12.3. The maximum absolute atomic E-state index is 11.2. The molecule has 0 aliphatic carbocycles. The highest BCUT2D eigenvalue weighted by atomic mass is 35.5. The summed E-state index contributed by atoms with van der Waals surface area (Å²) >= 11 is 5.74. The Morgan fingerprint density at radius 1 is 1.41 bits per heavy atom. The highest BCUT2D eigenvalue weighted by Gasteiger charge is 2.09. The number of halogens is 1. The molecule has 0 saturated carbocycles. The molecule has 8 heteroatoms. The molecule has 84 valence electrons. The summed E-state index contributed by atoms with van der Waals surface area (Å²) in [6, 6.07) is 6.82. The average molecular weight is 249 g/mol. The first-order valence-corrected chi connectivity index (χ1v) is 4.86. The number of amides is 1. The van der Waals surface area contributed by atoms with E-state index in [-0.39, 0.29) is 5.69 Å². The quantitative estimate of drug-likeness (QED) is 0.463. The molecule has 0 aliphatic rings. The lowest BCUT2D eigenvalue weighted by molar-refractivity contribution is 0.0995. The van der Waals surface area contributed by atoms with Crippen LogP contribution in [0.3, 0.4) is 0 Å². The molecular formula is C9H5ClN6O. The summed E-state index contributed by atoms with van der Waals surface area (Å²) in [7, 11) is 0. The number of carbonyl (C=O) groups excluding carboxylic acids is 1. The van der Waals surface area contributed by atoms with Gasteiger partial charge in [-0.2, -0.15) is 0 Å². The van der Waals surface area contributed by atoms with Crippen molar-refractivity contribution in [3.05, 3.63) is 51.6 Å². The van der Waals surface area contributed by atoms with E-state index in [1.807, 2.05) is 0 Å². The van der Waals surface area contributed by atoms with Crippen LogP contribution < -0.4 is 0 Å². The number of carbonyl (C=O) groups is 1. The van der Waals surface area contributed by atoms with Crippen LogP contribution in [0.15, 0.2) is 35.6 Å². The molecule has 0 spiro atoms. The molecule has 2 rings (SSSR count). The van der Waals surface area contributed by atoms with Crippen LogP contribution in [0.4, 0.5) is 0 Å². The fraction of sp³-hybridized carbons (Fsp3) is 0. The number of hydrogen-bond acceptors (Lipinski definition) is 3. The Morgan fingerprint density at radius 3 is 2.76 bits per heavy atom. The lowest BCUT2D eigenvalue weighted by atomic mass is 10.3. The van der Waals surface area contributed by atoms with E-state index in [9.17, 15) is 4.79 Å². The summed E-state index contributed by atoms with van der Waals surface area (Å²) in [6.45, 7) is 0. The first kappa shape index (κ1) is 11.1. The van der Waals surface area contributed by atoms with E-state index >= 15 is 0 Å². The number of nitrogens with zero attached hydrogens (tertiary/aromatic N) is 6. The summed E-state index contributed by atoms with van der Waals surface area (Å²) in [5, 5.41) is 10.9. The topological polar surface area (TPSA) is 96.5 Å². The van der Waals surface area contributed by atoms with Crippen LogP contribution >= 0.6 is 11.6 Å². The third-order valence-electron chi connectivity index (χ3n) is 1.94. The van der Waals surface area contributed by atoms with E-state index in [0.717, 1.165) is 0 Å². The second-order valence-electron chi connectivity index (χ2n) is 3.02. The highest BCUT2D eigenvalue weighted by molar-refractivity contribution is 6.30. The van der Waals surface area contributed by atoms with Crippen LogP contribution in [0, 0.1) is 0 Å². The van der Waals surface area contributed by atoms with Crippen molar-refractivity contribution >= 4 is 17.5 Å². The summed E-state index contributed by atoms with van der Waals surface area (Å²) in [5.74, 6) is -0.771. The Hall–Kier alpha value is -2.37. The largest absolute Gasteiger partial charge is 0.285 e. The minimum atomic E-state index is -0.771. The molecule has 0 aliphatic heterocycles. The van der Waals surface area contributed by atoms with Gasteiger partial charge in [0.2, 0.25) is 0 Å². The van der Waals surface area contributed by atoms with E-state index in [1.165, 1.54) is 10.9 Å². The molecule has 1 amide bonds. The zero-order valence-corrected chi connectivity index (χ0v) is 9.11. The van der Waals surface area contributed by atoms with Gasteiger partial charge >= 0.3 is 0 Å². The van der Waals surface area contributed by atoms with Crippen molar-refractivity contribution in [1.82, 2.24) is 15.0 Å². The van der Waals surface area contributed by atoms with Gasteiger partial charge in [-0.15, -0.1) is 5.10 Å². The molecule has 0 fully saturated rings. The van der Waals surface area contributed by atoms with Gasteiger partial charge in [-0.3, -0.25) is 4.79 Å². The molecule has 0 radical (unpaired) electrons. The maximum Gasteiger partial charge on any atom is 0.270 e. The SMILES string of the molecule is [N-]=[N+]=NC(=O)c1cn(-c2ccc(Cl)cc2)nn1. The fourth-order valence-electron chi connectivity index (χ4n) is 1.17. The van der Waals surface area contributed by atoms with E-state index in [2.05, 4.69) is 20.3 Å². The summed E-state index contributed by atoms with van der Waals surface area (Å²) in [6.07, 6.45) is 1.38. The fourth-order valence-corrected chi connectivity index (χ4v) is 1.30. The van der Waals surface area contributed by atoms with Crippen molar-refractivity contribution in [3.63, 3.8) is 0 Å². The van der Waals surface area contributed by atoms with Gasteiger partial charge in [0.05, 0.1) is 11.9 Å². The smallest absolute Gasteiger partial charge is 0.270 e.